The normalized spacial score (nSPS) is 27.9. The number of carboxylic acid groups (broad SMARTS) is 1. The zero-order valence-electron chi connectivity index (χ0n) is 12.0. The summed E-state index contributed by atoms with van der Waals surface area (Å²) in [5.74, 6) is 0.0182. The second kappa shape index (κ2) is 6.10. The second-order valence-electron chi connectivity index (χ2n) is 5.62. The molecular weight excluding hydrogens is 286 g/mol. The summed E-state index contributed by atoms with van der Waals surface area (Å²) in [6, 6.07) is 8.36. The first-order valence-corrected chi connectivity index (χ1v) is 8.12. The smallest absolute Gasteiger partial charge is 0.306 e. The van der Waals surface area contributed by atoms with Crippen molar-refractivity contribution in [3.05, 3.63) is 29.8 Å². The van der Waals surface area contributed by atoms with Crippen molar-refractivity contribution in [2.45, 2.75) is 37.0 Å². The van der Waals surface area contributed by atoms with Crippen molar-refractivity contribution in [3.63, 3.8) is 0 Å². The highest BCUT2D eigenvalue weighted by molar-refractivity contribution is 8.14. The van der Waals surface area contributed by atoms with Crippen LogP contribution in [-0.2, 0) is 11.2 Å². The maximum atomic E-state index is 11.1. The highest BCUT2D eigenvalue weighted by Gasteiger charge is 2.38. The molecule has 0 bridgehead atoms. The first-order valence-electron chi connectivity index (χ1n) is 7.25. The molecule has 0 amide bonds. The molecule has 21 heavy (non-hydrogen) atoms. The molecule has 0 saturated heterocycles. The maximum Gasteiger partial charge on any atom is 0.306 e. The van der Waals surface area contributed by atoms with Crippen LogP contribution in [0.3, 0.4) is 0 Å². The minimum absolute atomic E-state index is 0.186. The Morgan fingerprint density at radius 2 is 2.14 bits per heavy atom. The lowest BCUT2D eigenvalue weighted by Crippen LogP contribution is -2.31. The van der Waals surface area contributed by atoms with Crippen LogP contribution in [-0.4, -0.2) is 34.5 Å². The van der Waals surface area contributed by atoms with E-state index in [0.717, 1.165) is 36.5 Å². The van der Waals surface area contributed by atoms with Crippen LogP contribution >= 0.6 is 11.8 Å². The lowest BCUT2D eigenvalue weighted by Gasteiger charge is -2.27. The van der Waals surface area contributed by atoms with E-state index in [1.807, 2.05) is 12.1 Å². The number of benzene rings is 1. The van der Waals surface area contributed by atoms with Gasteiger partial charge in [-0.2, -0.15) is 0 Å². The van der Waals surface area contributed by atoms with Gasteiger partial charge >= 0.3 is 5.97 Å². The van der Waals surface area contributed by atoms with Crippen molar-refractivity contribution in [1.82, 2.24) is 0 Å². The quantitative estimate of drug-likeness (QED) is 0.929. The predicted molar refractivity (Wildman–Crippen MR) is 84.3 cm³/mol. The molecular formula is C16H19NO3S. The molecule has 1 saturated carbocycles. The van der Waals surface area contributed by atoms with Crippen LogP contribution in [0.25, 0.3) is 0 Å². The Morgan fingerprint density at radius 3 is 2.81 bits per heavy atom. The highest BCUT2D eigenvalue weighted by Crippen LogP contribution is 2.40. The summed E-state index contributed by atoms with van der Waals surface area (Å²) in [6.07, 6.45) is 3.25. The zero-order valence-corrected chi connectivity index (χ0v) is 12.8. The Kier molecular flexibility index (Phi) is 4.19. The van der Waals surface area contributed by atoms with Gasteiger partial charge in [0.1, 0.15) is 5.75 Å². The van der Waals surface area contributed by atoms with E-state index in [1.165, 1.54) is 5.56 Å². The number of ether oxygens (including phenoxy) is 1. The first kappa shape index (κ1) is 14.4. The third-order valence-electron chi connectivity index (χ3n) is 4.22. The lowest BCUT2D eigenvalue weighted by atomic mass is 9.86. The van der Waals surface area contributed by atoms with E-state index >= 15 is 0 Å². The third-order valence-corrected chi connectivity index (χ3v) is 5.55. The molecule has 3 unspecified atom stereocenters. The van der Waals surface area contributed by atoms with Crippen LogP contribution in [0, 0.1) is 5.92 Å². The van der Waals surface area contributed by atoms with Gasteiger partial charge in [0, 0.05) is 11.7 Å². The number of fused-ring (bicyclic) bond motifs is 1. The highest BCUT2D eigenvalue weighted by atomic mass is 32.2. The van der Waals surface area contributed by atoms with E-state index in [4.69, 9.17) is 14.8 Å². The Labute approximate surface area is 128 Å². The Balaban J connectivity index is 1.62. The molecule has 1 aliphatic carbocycles. The molecule has 1 aromatic rings. The van der Waals surface area contributed by atoms with Crippen LogP contribution in [0.4, 0.5) is 0 Å². The summed E-state index contributed by atoms with van der Waals surface area (Å²) in [5, 5.41) is 10.6. The van der Waals surface area contributed by atoms with Gasteiger partial charge in [-0.05, 0) is 37.0 Å². The fourth-order valence-corrected chi connectivity index (χ4v) is 4.49. The molecule has 5 heteroatoms. The van der Waals surface area contributed by atoms with Gasteiger partial charge in [-0.15, -0.1) is 11.8 Å². The van der Waals surface area contributed by atoms with E-state index in [2.05, 4.69) is 12.1 Å². The van der Waals surface area contributed by atoms with Gasteiger partial charge in [-0.25, -0.2) is 0 Å². The fourth-order valence-electron chi connectivity index (χ4n) is 3.01. The summed E-state index contributed by atoms with van der Waals surface area (Å²) < 4.78 is 5.16. The molecule has 0 radical (unpaired) electrons. The number of hydrogen-bond donors (Lipinski definition) is 1. The number of carboxylic acids is 1. The molecule has 2 aliphatic rings. The Bertz CT molecular complexity index is 555. The maximum absolute atomic E-state index is 11.1. The largest absolute Gasteiger partial charge is 0.497 e. The van der Waals surface area contributed by atoms with Gasteiger partial charge in [0.05, 0.1) is 24.1 Å². The van der Waals surface area contributed by atoms with Gasteiger partial charge in [0.2, 0.25) is 0 Å². The van der Waals surface area contributed by atoms with Gasteiger partial charge in [-0.3, -0.25) is 9.79 Å². The van der Waals surface area contributed by atoms with E-state index < -0.39 is 5.97 Å². The number of thioether (sulfide) groups is 1. The topological polar surface area (TPSA) is 58.9 Å². The van der Waals surface area contributed by atoms with Gasteiger partial charge < -0.3 is 9.84 Å². The van der Waals surface area contributed by atoms with E-state index in [-0.39, 0.29) is 5.92 Å². The van der Waals surface area contributed by atoms with E-state index in [9.17, 15) is 4.79 Å². The fraction of sp³-hybridized carbons (Fsp3) is 0.500. The van der Waals surface area contributed by atoms with Gasteiger partial charge in [-0.1, -0.05) is 12.1 Å². The standard InChI is InChI=1S/C16H19NO3S/c1-20-12-5-2-10(3-6-12)8-15-17-13-7-4-11(16(18)19)9-14(13)21-15/h2-3,5-6,11,13-14H,4,7-9H2,1H3,(H,18,19). The minimum Gasteiger partial charge on any atom is -0.497 e. The molecule has 3 atom stereocenters. The molecule has 0 spiro atoms. The molecule has 0 aromatic heterocycles. The van der Waals surface area contributed by atoms with Crippen LogP contribution < -0.4 is 4.74 Å². The molecule has 1 N–H and O–H groups in total. The van der Waals surface area contributed by atoms with Crippen molar-refractivity contribution >= 4 is 22.8 Å². The number of hydrogen-bond acceptors (Lipinski definition) is 4. The van der Waals surface area contributed by atoms with E-state index in [0.29, 0.717) is 11.3 Å². The Morgan fingerprint density at radius 1 is 1.38 bits per heavy atom. The molecule has 4 nitrogen and oxygen atoms in total. The van der Waals surface area contributed by atoms with Crippen molar-refractivity contribution in [1.29, 1.82) is 0 Å². The van der Waals surface area contributed by atoms with Crippen LogP contribution in [0.2, 0.25) is 0 Å². The van der Waals surface area contributed by atoms with Gasteiger partial charge in [0.25, 0.3) is 0 Å². The molecule has 112 valence electrons. The predicted octanol–water partition coefficient (Wildman–Crippen LogP) is 3.00. The summed E-state index contributed by atoms with van der Waals surface area (Å²) in [7, 11) is 1.66. The summed E-state index contributed by atoms with van der Waals surface area (Å²) >= 11 is 1.78. The number of aliphatic carboxylic acids is 1. The zero-order chi connectivity index (χ0) is 14.8. The van der Waals surface area contributed by atoms with Crippen molar-refractivity contribution in [2.75, 3.05) is 7.11 Å². The summed E-state index contributed by atoms with van der Waals surface area (Å²) in [6.45, 7) is 0. The van der Waals surface area contributed by atoms with Crippen molar-refractivity contribution in [3.8, 4) is 5.75 Å². The average Bonchev–Trinajstić information content (AvgIpc) is 2.89. The lowest BCUT2D eigenvalue weighted by molar-refractivity contribution is -0.142. The van der Waals surface area contributed by atoms with Crippen LogP contribution in [0.5, 0.6) is 5.75 Å². The molecule has 1 heterocycles. The average molecular weight is 305 g/mol. The van der Waals surface area contributed by atoms with Gasteiger partial charge in [0.15, 0.2) is 0 Å². The molecule has 1 aromatic carbocycles. The number of carbonyl (C=O) groups is 1. The number of nitrogens with zero attached hydrogens (tertiary/aromatic N) is 1. The Hall–Kier alpha value is -1.49. The summed E-state index contributed by atoms with van der Waals surface area (Å²) in [5.41, 5.74) is 1.22. The number of aliphatic imine (C=N–C) groups is 1. The van der Waals surface area contributed by atoms with Crippen LogP contribution in [0.1, 0.15) is 24.8 Å². The summed E-state index contributed by atoms with van der Waals surface area (Å²) in [4.78, 5) is 15.9. The third kappa shape index (κ3) is 3.23. The number of methoxy groups -OCH3 is 1. The molecule has 1 fully saturated rings. The second-order valence-corrected chi connectivity index (χ2v) is 6.93. The molecule has 1 aliphatic heterocycles. The monoisotopic (exact) mass is 305 g/mol. The van der Waals surface area contributed by atoms with Crippen LogP contribution in [0.15, 0.2) is 29.3 Å². The number of rotatable bonds is 4. The molecule has 3 rings (SSSR count). The minimum atomic E-state index is -0.655. The first-order chi connectivity index (χ1) is 10.2. The SMILES string of the molecule is COc1ccc(CC2=NC3CCC(C(=O)O)CC3S2)cc1. The van der Waals surface area contributed by atoms with E-state index in [1.54, 1.807) is 18.9 Å². The van der Waals surface area contributed by atoms with Crippen molar-refractivity contribution in [2.24, 2.45) is 10.9 Å². The van der Waals surface area contributed by atoms with Crippen molar-refractivity contribution < 1.29 is 14.6 Å².